The van der Waals surface area contributed by atoms with Crippen molar-refractivity contribution in [1.29, 1.82) is 0 Å². The Kier molecular flexibility index (Phi) is 4.70. The quantitative estimate of drug-likeness (QED) is 0.684. The minimum absolute atomic E-state index is 0.682. The molecule has 5 heteroatoms. The van der Waals surface area contributed by atoms with Gasteiger partial charge >= 0.3 is 0 Å². The van der Waals surface area contributed by atoms with Gasteiger partial charge in [0, 0.05) is 22.8 Å². The lowest BCUT2D eigenvalue weighted by molar-refractivity contribution is 0.479. The van der Waals surface area contributed by atoms with E-state index in [1.807, 2.05) is 0 Å². The second-order valence-corrected chi connectivity index (χ2v) is 4.33. The van der Waals surface area contributed by atoms with Crippen LogP contribution in [0, 0.1) is 0 Å². The normalized spacial score (nSPS) is 13.0. The van der Waals surface area contributed by atoms with Crippen molar-refractivity contribution < 1.29 is 8.63 Å². The lowest BCUT2D eigenvalue weighted by Crippen LogP contribution is -2.16. The number of nitrogens with one attached hydrogen (secondary N) is 1. The fourth-order valence-corrected chi connectivity index (χ4v) is 1.49. The highest BCUT2D eigenvalue weighted by Crippen LogP contribution is 1.94. The highest BCUT2D eigenvalue weighted by Gasteiger charge is 1.95. The van der Waals surface area contributed by atoms with Gasteiger partial charge in [-0.05, 0) is 13.0 Å². The number of aromatic nitrogens is 1. The molecule has 0 bridgehead atoms. The van der Waals surface area contributed by atoms with Gasteiger partial charge in [-0.3, -0.25) is 4.21 Å². The number of hydrogen-bond acceptors (Lipinski definition) is 4. The Morgan fingerprint density at radius 1 is 1.69 bits per heavy atom. The average Bonchev–Trinajstić information content (AvgIpc) is 2.55. The van der Waals surface area contributed by atoms with E-state index in [0.717, 1.165) is 24.5 Å². The van der Waals surface area contributed by atoms with E-state index in [0.29, 0.717) is 6.54 Å². The van der Waals surface area contributed by atoms with Crippen LogP contribution in [-0.2, 0) is 17.3 Å². The first kappa shape index (κ1) is 10.4. The van der Waals surface area contributed by atoms with Crippen LogP contribution in [0.1, 0.15) is 12.2 Å². The summed E-state index contributed by atoms with van der Waals surface area (Å²) in [5.74, 6) is 1.58. The second kappa shape index (κ2) is 5.88. The lowest BCUT2D eigenvalue weighted by atomic mass is 10.4. The molecule has 74 valence electrons. The number of nitrogens with zero attached hydrogens (tertiary/aromatic N) is 1. The molecule has 1 aromatic rings. The summed E-state index contributed by atoms with van der Waals surface area (Å²) in [5, 5.41) is 3.17. The Morgan fingerprint density at radius 2 is 2.54 bits per heavy atom. The van der Waals surface area contributed by atoms with Gasteiger partial charge in [0.25, 0.3) is 0 Å². The number of oxazole rings is 1. The van der Waals surface area contributed by atoms with E-state index in [4.69, 9.17) is 4.42 Å². The zero-order chi connectivity index (χ0) is 9.52. The maximum Gasteiger partial charge on any atom is 0.180 e. The van der Waals surface area contributed by atoms with E-state index in [9.17, 15) is 4.21 Å². The standard InChI is InChI=1S/C8H14N2O2S/c1-13(11)4-2-3-9-5-8-6-10-7-12-8/h6-7,9H,2-5H2,1H3. The van der Waals surface area contributed by atoms with E-state index in [1.165, 1.54) is 6.39 Å². The van der Waals surface area contributed by atoms with E-state index < -0.39 is 10.8 Å². The first-order chi connectivity index (χ1) is 6.29. The van der Waals surface area contributed by atoms with E-state index in [1.54, 1.807) is 12.5 Å². The molecule has 1 aromatic heterocycles. The molecule has 1 heterocycles. The summed E-state index contributed by atoms with van der Waals surface area (Å²) in [5.41, 5.74) is 0. The van der Waals surface area contributed by atoms with Crippen LogP contribution in [0.4, 0.5) is 0 Å². The SMILES string of the molecule is CS(=O)CCCNCc1cnco1. The fraction of sp³-hybridized carbons (Fsp3) is 0.625. The molecule has 4 nitrogen and oxygen atoms in total. The van der Waals surface area contributed by atoms with Gasteiger partial charge in [0.15, 0.2) is 6.39 Å². The van der Waals surface area contributed by atoms with Gasteiger partial charge in [0.2, 0.25) is 0 Å². The average molecular weight is 202 g/mol. The Labute approximate surface area is 80.2 Å². The highest BCUT2D eigenvalue weighted by atomic mass is 32.2. The van der Waals surface area contributed by atoms with Gasteiger partial charge in [0.1, 0.15) is 5.76 Å². The van der Waals surface area contributed by atoms with Crippen LogP contribution in [0.3, 0.4) is 0 Å². The summed E-state index contributed by atoms with van der Waals surface area (Å²) >= 11 is 0. The van der Waals surface area contributed by atoms with Crippen molar-refractivity contribution in [3.05, 3.63) is 18.4 Å². The van der Waals surface area contributed by atoms with Gasteiger partial charge in [-0.2, -0.15) is 0 Å². The lowest BCUT2D eigenvalue weighted by Gasteiger charge is -2.00. The summed E-state index contributed by atoms with van der Waals surface area (Å²) < 4.78 is 15.7. The van der Waals surface area contributed by atoms with Crippen LogP contribution in [0.25, 0.3) is 0 Å². The van der Waals surface area contributed by atoms with Crippen molar-refractivity contribution in [3.63, 3.8) is 0 Å². The van der Waals surface area contributed by atoms with Gasteiger partial charge in [0.05, 0.1) is 12.7 Å². The zero-order valence-electron chi connectivity index (χ0n) is 7.66. The first-order valence-corrected chi connectivity index (χ1v) is 5.90. The van der Waals surface area contributed by atoms with Crippen molar-refractivity contribution in [3.8, 4) is 0 Å². The van der Waals surface area contributed by atoms with E-state index in [-0.39, 0.29) is 0 Å². The van der Waals surface area contributed by atoms with Crippen molar-refractivity contribution in [2.75, 3.05) is 18.6 Å². The summed E-state index contributed by atoms with van der Waals surface area (Å²) in [6.45, 7) is 1.55. The third-order valence-corrected chi connectivity index (χ3v) is 2.43. The molecule has 0 spiro atoms. The Balaban J connectivity index is 1.99. The molecule has 1 unspecified atom stereocenters. The predicted octanol–water partition coefficient (Wildman–Crippen LogP) is 0.533. The summed E-state index contributed by atoms with van der Waals surface area (Å²) in [7, 11) is -0.682. The van der Waals surface area contributed by atoms with Crippen molar-refractivity contribution >= 4 is 10.8 Å². The molecule has 0 aromatic carbocycles. The summed E-state index contributed by atoms with van der Waals surface area (Å²) in [4.78, 5) is 3.79. The molecule has 1 rings (SSSR count). The minimum atomic E-state index is -0.682. The molecule has 0 aliphatic carbocycles. The van der Waals surface area contributed by atoms with E-state index in [2.05, 4.69) is 10.3 Å². The molecule has 0 radical (unpaired) electrons. The molecule has 0 amide bonds. The Morgan fingerprint density at radius 3 is 3.15 bits per heavy atom. The largest absolute Gasteiger partial charge is 0.447 e. The monoisotopic (exact) mass is 202 g/mol. The predicted molar refractivity (Wildman–Crippen MR) is 51.8 cm³/mol. The minimum Gasteiger partial charge on any atom is -0.447 e. The fourth-order valence-electron chi connectivity index (χ4n) is 0.941. The number of hydrogen-bond donors (Lipinski definition) is 1. The third kappa shape index (κ3) is 4.80. The molecular weight excluding hydrogens is 188 g/mol. The molecule has 13 heavy (non-hydrogen) atoms. The molecule has 1 atom stereocenters. The molecular formula is C8H14N2O2S. The summed E-state index contributed by atoms with van der Waals surface area (Å²) in [6, 6.07) is 0. The maximum atomic E-state index is 10.7. The molecule has 0 saturated heterocycles. The van der Waals surface area contributed by atoms with Crippen LogP contribution in [0.15, 0.2) is 17.0 Å². The van der Waals surface area contributed by atoms with Crippen molar-refractivity contribution in [2.24, 2.45) is 0 Å². The van der Waals surface area contributed by atoms with Crippen molar-refractivity contribution in [1.82, 2.24) is 10.3 Å². The Bertz CT molecular complexity index is 249. The van der Waals surface area contributed by atoms with Gasteiger partial charge in [-0.15, -0.1) is 0 Å². The second-order valence-electron chi connectivity index (χ2n) is 2.78. The Hall–Kier alpha value is -0.680. The van der Waals surface area contributed by atoms with Crippen LogP contribution >= 0.6 is 0 Å². The molecule has 0 aliphatic heterocycles. The zero-order valence-corrected chi connectivity index (χ0v) is 8.47. The van der Waals surface area contributed by atoms with E-state index >= 15 is 0 Å². The topological polar surface area (TPSA) is 55.1 Å². The van der Waals surface area contributed by atoms with Crippen LogP contribution in [0.2, 0.25) is 0 Å². The van der Waals surface area contributed by atoms with Crippen molar-refractivity contribution in [2.45, 2.75) is 13.0 Å². The summed E-state index contributed by atoms with van der Waals surface area (Å²) in [6.07, 6.45) is 5.75. The molecule has 0 aliphatic rings. The molecule has 0 fully saturated rings. The van der Waals surface area contributed by atoms with Gasteiger partial charge < -0.3 is 9.73 Å². The first-order valence-electron chi connectivity index (χ1n) is 4.17. The smallest absolute Gasteiger partial charge is 0.180 e. The van der Waals surface area contributed by atoms with Gasteiger partial charge in [-0.1, -0.05) is 0 Å². The van der Waals surface area contributed by atoms with Crippen LogP contribution < -0.4 is 5.32 Å². The molecule has 1 N–H and O–H groups in total. The third-order valence-electron chi connectivity index (χ3n) is 1.57. The maximum absolute atomic E-state index is 10.7. The van der Waals surface area contributed by atoms with Gasteiger partial charge in [-0.25, -0.2) is 4.98 Å². The molecule has 0 saturated carbocycles. The number of rotatable bonds is 6. The van der Waals surface area contributed by atoms with Crippen LogP contribution in [-0.4, -0.2) is 27.7 Å². The van der Waals surface area contributed by atoms with Crippen LogP contribution in [0.5, 0.6) is 0 Å². The highest BCUT2D eigenvalue weighted by molar-refractivity contribution is 7.84.